The molecular weight excluding hydrogens is 314 g/mol. The molecule has 2 aliphatic rings. The SMILES string of the molecule is COc1ccc(-c2nc3c(=O)n(CCO)c(=O)nc-3n(C)n2)cc1. The maximum absolute atomic E-state index is 12.5. The Morgan fingerprint density at radius 3 is 2.50 bits per heavy atom. The number of ether oxygens (including phenoxy) is 1. The van der Waals surface area contributed by atoms with Crippen LogP contribution in [0.4, 0.5) is 0 Å². The Kier molecular flexibility index (Phi) is 4.09. The molecule has 2 heterocycles. The molecule has 0 unspecified atom stereocenters. The third-order valence-electron chi connectivity index (χ3n) is 3.53. The van der Waals surface area contributed by atoms with Gasteiger partial charge < -0.3 is 9.84 Å². The second kappa shape index (κ2) is 6.20. The Hall–Kier alpha value is -3.07. The minimum absolute atomic E-state index is 0.0198. The molecule has 24 heavy (non-hydrogen) atoms. The molecule has 124 valence electrons. The van der Waals surface area contributed by atoms with E-state index >= 15 is 0 Å². The minimum Gasteiger partial charge on any atom is -0.497 e. The zero-order chi connectivity index (χ0) is 17.3. The van der Waals surface area contributed by atoms with Crippen molar-refractivity contribution in [3.63, 3.8) is 0 Å². The van der Waals surface area contributed by atoms with Crippen LogP contribution in [0.3, 0.4) is 0 Å². The molecule has 0 saturated carbocycles. The van der Waals surface area contributed by atoms with Crippen LogP contribution in [0.25, 0.3) is 22.9 Å². The summed E-state index contributed by atoms with van der Waals surface area (Å²) >= 11 is 0. The van der Waals surface area contributed by atoms with Crippen LogP contribution in [0.5, 0.6) is 5.75 Å². The number of aromatic nitrogens is 5. The lowest BCUT2D eigenvalue weighted by Crippen LogP contribution is -2.39. The van der Waals surface area contributed by atoms with Crippen molar-refractivity contribution in [2.45, 2.75) is 6.54 Å². The summed E-state index contributed by atoms with van der Waals surface area (Å²) < 4.78 is 7.30. The fourth-order valence-corrected chi connectivity index (χ4v) is 2.31. The first-order valence-electron chi connectivity index (χ1n) is 7.16. The summed E-state index contributed by atoms with van der Waals surface area (Å²) in [5.74, 6) is 1.10. The predicted molar refractivity (Wildman–Crippen MR) is 85.0 cm³/mol. The highest BCUT2D eigenvalue weighted by molar-refractivity contribution is 5.60. The number of rotatable bonds is 4. The summed E-state index contributed by atoms with van der Waals surface area (Å²) in [4.78, 5) is 32.4. The number of aryl methyl sites for hydroxylation is 1. The third kappa shape index (κ3) is 2.65. The van der Waals surface area contributed by atoms with Gasteiger partial charge in [-0.15, -0.1) is 0 Å². The van der Waals surface area contributed by atoms with Crippen LogP contribution in [0.1, 0.15) is 0 Å². The topological polar surface area (TPSA) is 112 Å². The van der Waals surface area contributed by atoms with Crippen molar-refractivity contribution in [2.24, 2.45) is 7.05 Å². The van der Waals surface area contributed by atoms with Crippen molar-refractivity contribution in [1.29, 1.82) is 0 Å². The molecule has 1 aromatic carbocycles. The van der Waals surface area contributed by atoms with E-state index < -0.39 is 11.2 Å². The van der Waals surface area contributed by atoms with E-state index in [1.807, 2.05) is 0 Å². The number of fused-ring (bicyclic) bond motifs is 1. The van der Waals surface area contributed by atoms with E-state index in [-0.39, 0.29) is 24.7 Å². The lowest BCUT2D eigenvalue weighted by atomic mass is 10.2. The van der Waals surface area contributed by atoms with Gasteiger partial charge in [0.15, 0.2) is 17.3 Å². The van der Waals surface area contributed by atoms with Crippen LogP contribution >= 0.6 is 0 Å². The lowest BCUT2D eigenvalue weighted by Gasteiger charge is -2.12. The molecule has 0 spiro atoms. The highest BCUT2D eigenvalue weighted by atomic mass is 16.5. The van der Waals surface area contributed by atoms with Crippen molar-refractivity contribution in [3.8, 4) is 28.7 Å². The molecule has 0 bridgehead atoms. The quantitative estimate of drug-likeness (QED) is 0.687. The van der Waals surface area contributed by atoms with Gasteiger partial charge in [-0.05, 0) is 24.3 Å². The van der Waals surface area contributed by atoms with Gasteiger partial charge in [0.05, 0.1) is 20.3 Å². The molecule has 1 N–H and O–H groups in total. The molecule has 9 heteroatoms. The molecule has 1 aromatic rings. The molecule has 9 nitrogen and oxygen atoms in total. The smallest absolute Gasteiger partial charge is 0.352 e. The van der Waals surface area contributed by atoms with Gasteiger partial charge >= 0.3 is 5.69 Å². The normalized spacial score (nSPS) is 11.0. The number of hydrogen-bond donors (Lipinski definition) is 1. The second-order valence-corrected chi connectivity index (χ2v) is 5.03. The Bertz CT molecular complexity index is 961. The van der Waals surface area contributed by atoms with E-state index in [4.69, 9.17) is 9.84 Å². The van der Waals surface area contributed by atoms with Gasteiger partial charge in [0.1, 0.15) is 5.75 Å². The fourth-order valence-electron chi connectivity index (χ4n) is 2.31. The summed E-state index contributed by atoms with van der Waals surface area (Å²) in [6.45, 7) is -0.475. The van der Waals surface area contributed by atoms with Gasteiger partial charge in [0.2, 0.25) is 0 Å². The first-order valence-corrected chi connectivity index (χ1v) is 7.16. The third-order valence-corrected chi connectivity index (χ3v) is 3.53. The maximum Gasteiger partial charge on any atom is 0.352 e. The summed E-state index contributed by atoms with van der Waals surface area (Å²) in [6, 6.07) is 7.04. The predicted octanol–water partition coefficient (Wildman–Crippen LogP) is -0.495. The lowest BCUT2D eigenvalue weighted by molar-refractivity contribution is 0.271. The van der Waals surface area contributed by atoms with E-state index in [1.165, 1.54) is 4.68 Å². The summed E-state index contributed by atoms with van der Waals surface area (Å²) in [6.07, 6.45) is 0. The number of aliphatic hydroxyl groups is 1. The molecule has 0 atom stereocenters. The number of aliphatic hydroxyl groups excluding tert-OH is 1. The van der Waals surface area contributed by atoms with Crippen LogP contribution in [-0.2, 0) is 13.6 Å². The van der Waals surface area contributed by atoms with E-state index in [0.717, 1.165) is 4.57 Å². The zero-order valence-electron chi connectivity index (χ0n) is 13.1. The molecule has 0 fully saturated rings. The number of nitrogens with zero attached hydrogens (tertiary/aromatic N) is 5. The van der Waals surface area contributed by atoms with E-state index in [9.17, 15) is 9.59 Å². The van der Waals surface area contributed by atoms with Crippen molar-refractivity contribution in [2.75, 3.05) is 13.7 Å². The highest BCUT2D eigenvalue weighted by Gasteiger charge is 2.20. The molecule has 0 aromatic heterocycles. The second-order valence-electron chi connectivity index (χ2n) is 5.03. The van der Waals surface area contributed by atoms with Crippen LogP contribution in [0.15, 0.2) is 33.9 Å². The molecule has 0 aliphatic carbocycles. The minimum atomic E-state index is -0.738. The summed E-state index contributed by atoms with van der Waals surface area (Å²) in [7, 11) is 3.15. The van der Waals surface area contributed by atoms with E-state index in [2.05, 4.69) is 15.1 Å². The van der Waals surface area contributed by atoms with Gasteiger partial charge in [0.25, 0.3) is 5.56 Å². The largest absolute Gasteiger partial charge is 0.497 e. The van der Waals surface area contributed by atoms with Crippen molar-refractivity contribution in [3.05, 3.63) is 45.1 Å². The average molecular weight is 329 g/mol. The summed E-state index contributed by atoms with van der Waals surface area (Å²) in [5, 5.41) is 13.3. The Labute approximate surface area is 136 Å². The van der Waals surface area contributed by atoms with Crippen molar-refractivity contribution in [1.82, 2.24) is 24.3 Å². The first kappa shape index (κ1) is 15.8. The standard InChI is InChI=1S/C15H15N5O4/c1-19-13-11(14(22)20(7-8-21)15(23)17-13)16-12(18-19)9-3-5-10(24-2)6-4-9/h3-6,21H,7-8H2,1-2H3. The van der Waals surface area contributed by atoms with Gasteiger partial charge in [0, 0.05) is 12.6 Å². The van der Waals surface area contributed by atoms with E-state index in [0.29, 0.717) is 17.1 Å². The summed E-state index contributed by atoms with van der Waals surface area (Å²) in [5.41, 5.74) is -0.635. The van der Waals surface area contributed by atoms with Crippen LogP contribution < -0.4 is 16.0 Å². The molecule has 3 rings (SSSR count). The molecule has 0 amide bonds. The Morgan fingerprint density at radius 2 is 1.88 bits per heavy atom. The number of benzene rings is 1. The first-order chi connectivity index (χ1) is 11.5. The molecule has 2 aliphatic heterocycles. The van der Waals surface area contributed by atoms with Crippen LogP contribution in [0, 0.1) is 0 Å². The maximum atomic E-state index is 12.5. The molecular formula is C15H15N5O4. The molecule has 0 radical (unpaired) electrons. The number of hydrogen-bond acceptors (Lipinski definition) is 7. The van der Waals surface area contributed by atoms with Gasteiger partial charge in [-0.3, -0.25) is 9.36 Å². The highest BCUT2D eigenvalue weighted by Crippen LogP contribution is 2.20. The van der Waals surface area contributed by atoms with E-state index in [1.54, 1.807) is 38.4 Å². The monoisotopic (exact) mass is 329 g/mol. The number of methoxy groups -OCH3 is 1. The van der Waals surface area contributed by atoms with Gasteiger partial charge in [-0.2, -0.15) is 10.1 Å². The van der Waals surface area contributed by atoms with Crippen molar-refractivity contribution < 1.29 is 9.84 Å². The van der Waals surface area contributed by atoms with Gasteiger partial charge in [-0.1, -0.05) is 0 Å². The van der Waals surface area contributed by atoms with Crippen molar-refractivity contribution >= 4 is 0 Å². The van der Waals surface area contributed by atoms with Crippen LogP contribution in [-0.4, -0.2) is 43.1 Å². The van der Waals surface area contributed by atoms with Gasteiger partial charge in [-0.25, -0.2) is 14.5 Å². The Morgan fingerprint density at radius 1 is 1.17 bits per heavy atom. The zero-order valence-corrected chi connectivity index (χ0v) is 13.1. The van der Waals surface area contributed by atoms with Crippen LogP contribution in [0.2, 0.25) is 0 Å². The Balaban J connectivity index is 2.23. The molecule has 0 saturated heterocycles. The fraction of sp³-hybridized carbons (Fsp3) is 0.267. The average Bonchev–Trinajstić information content (AvgIpc) is 2.59.